The molecular formula is C22H26ClFN2O2. The molecule has 4 nitrogen and oxygen atoms in total. The largest absolute Gasteiger partial charge is 0.352 e. The number of benzene rings is 2. The molecule has 0 aliphatic rings. The fourth-order valence-electron chi connectivity index (χ4n) is 2.74. The third-order valence-corrected chi connectivity index (χ3v) is 4.99. The smallest absolute Gasteiger partial charge is 0.242 e. The number of amides is 2. The van der Waals surface area contributed by atoms with Crippen LogP contribution in [0, 0.1) is 5.82 Å². The Morgan fingerprint density at radius 1 is 1.11 bits per heavy atom. The molecule has 0 saturated heterocycles. The highest BCUT2D eigenvalue weighted by Crippen LogP contribution is 2.16. The van der Waals surface area contributed by atoms with E-state index in [1.54, 1.807) is 49.4 Å². The van der Waals surface area contributed by atoms with Crippen LogP contribution in [0.3, 0.4) is 0 Å². The van der Waals surface area contributed by atoms with Gasteiger partial charge in [0.25, 0.3) is 0 Å². The maximum Gasteiger partial charge on any atom is 0.242 e. The molecule has 2 rings (SSSR count). The van der Waals surface area contributed by atoms with Crippen molar-refractivity contribution < 1.29 is 14.0 Å². The molecule has 0 spiro atoms. The zero-order valence-corrected chi connectivity index (χ0v) is 17.2. The summed E-state index contributed by atoms with van der Waals surface area (Å²) in [4.78, 5) is 27.0. The zero-order valence-electron chi connectivity index (χ0n) is 16.4. The van der Waals surface area contributed by atoms with Gasteiger partial charge in [0.2, 0.25) is 11.8 Å². The van der Waals surface area contributed by atoms with E-state index in [9.17, 15) is 14.0 Å². The average Bonchev–Trinajstić information content (AvgIpc) is 2.68. The third kappa shape index (κ3) is 6.06. The molecule has 0 radical (unpaired) electrons. The summed E-state index contributed by atoms with van der Waals surface area (Å²) < 4.78 is 14.2. The van der Waals surface area contributed by atoms with Crippen LogP contribution in [-0.4, -0.2) is 28.8 Å². The second-order valence-electron chi connectivity index (χ2n) is 6.91. The SMILES string of the molecule is CCC(C)NC(=O)C(C)N(Cc1ccccc1F)C(=O)Cc1ccc(Cl)cc1. The van der Waals surface area contributed by atoms with Gasteiger partial charge in [0.1, 0.15) is 11.9 Å². The van der Waals surface area contributed by atoms with E-state index in [1.807, 2.05) is 13.8 Å². The summed E-state index contributed by atoms with van der Waals surface area (Å²) >= 11 is 5.90. The molecule has 2 aromatic carbocycles. The lowest BCUT2D eigenvalue weighted by atomic mass is 10.1. The maximum atomic E-state index is 14.2. The Bertz CT molecular complexity index is 810. The van der Waals surface area contributed by atoms with E-state index < -0.39 is 11.9 Å². The van der Waals surface area contributed by atoms with E-state index >= 15 is 0 Å². The summed E-state index contributed by atoms with van der Waals surface area (Å²) in [7, 11) is 0. The van der Waals surface area contributed by atoms with Gasteiger partial charge in [-0.15, -0.1) is 0 Å². The first-order chi connectivity index (χ1) is 13.3. The number of hydrogen-bond donors (Lipinski definition) is 1. The molecule has 0 aliphatic heterocycles. The fourth-order valence-corrected chi connectivity index (χ4v) is 2.86. The molecule has 0 aromatic heterocycles. The summed E-state index contributed by atoms with van der Waals surface area (Å²) in [6.07, 6.45) is 0.886. The normalized spacial score (nSPS) is 12.9. The molecule has 2 aromatic rings. The van der Waals surface area contributed by atoms with Crippen LogP contribution in [0.1, 0.15) is 38.3 Å². The van der Waals surface area contributed by atoms with E-state index in [1.165, 1.54) is 11.0 Å². The monoisotopic (exact) mass is 404 g/mol. The van der Waals surface area contributed by atoms with Crippen molar-refractivity contribution in [1.29, 1.82) is 0 Å². The van der Waals surface area contributed by atoms with Crippen LogP contribution in [0.4, 0.5) is 4.39 Å². The summed E-state index contributed by atoms with van der Waals surface area (Å²) in [5.41, 5.74) is 1.15. The number of halogens is 2. The van der Waals surface area contributed by atoms with Crippen LogP contribution >= 0.6 is 11.6 Å². The van der Waals surface area contributed by atoms with Crippen molar-refractivity contribution in [2.45, 2.75) is 52.2 Å². The van der Waals surface area contributed by atoms with Crippen LogP contribution in [0.25, 0.3) is 0 Å². The van der Waals surface area contributed by atoms with E-state index in [-0.39, 0.29) is 30.8 Å². The highest BCUT2D eigenvalue weighted by atomic mass is 35.5. The van der Waals surface area contributed by atoms with Crippen LogP contribution < -0.4 is 5.32 Å². The minimum absolute atomic E-state index is 0.00312. The first kappa shape index (κ1) is 21.9. The van der Waals surface area contributed by atoms with Gasteiger partial charge >= 0.3 is 0 Å². The molecule has 28 heavy (non-hydrogen) atoms. The van der Waals surface area contributed by atoms with E-state index in [0.717, 1.165) is 12.0 Å². The Hall–Kier alpha value is -2.40. The molecule has 150 valence electrons. The first-order valence-corrected chi connectivity index (χ1v) is 9.77. The molecule has 1 N–H and O–H groups in total. The lowest BCUT2D eigenvalue weighted by Gasteiger charge is -2.30. The number of nitrogens with zero attached hydrogens (tertiary/aromatic N) is 1. The summed E-state index contributed by atoms with van der Waals surface area (Å²) in [6, 6.07) is 12.5. The molecule has 2 amide bonds. The van der Waals surface area contributed by atoms with Crippen molar-refractivity contribution in [2.75, 3.05) is 0 Å². The van der Waals surface area contributed by atoms with Crippen LogP contribution in [0.5, 0.6) is 0 Å². The number of nitrogens with one attached hydrogen (secondary N) is 1. The predicted octanol–water partition coefficient (Wildman–Crippen LogP) is 4.35. The number of carbonyl (C=O) groups is 2. The summed E-state index contributed by atoms with van der Waals surface area (Å²) in [5.74, 6) is -0.908. The van der Waals surface area contributed by atoms with Crippen molar-refractivity contribution in [2.24, 2.45) is 0 Å². The maximum absolute atomic E-state index is 14.2. The molecule has 0 heterocycles. The lowest BCUT2D eigenvalue weighted by molar-refractivity contribution is -0.140. The average molecular weight is 405 g/mol. The number of hydrogen-bond acceptors (Lipinski definition) is 2. The fraction of sp³-hybridized carbons (Fsp3) is 0.364. The second-order valence-corrected chi connectivity index (χ2v) is 7.35. The lowest BCUT2D eigenvalue weighted by Crippen LogP contribution is -2.50. The second kappa shape index (κ2) is 10.2. The standard InChI is InChI=1S/C22H26ClFN2O2/c1-4-15(2)25-22(28)16(3)26(14-18-7-5-6-8-20(18)24)21(27)13-17-9-11-19(23)12-10-17/h5-12,15-16H,4,13-14H2,1-3H3,(H,25,28). The predicted molar refractivity (Wildman–Crippen MR) is 109 cm³/mol. The molecule has 2 atom stereocenters. The Kier molecular flexibility index (Phi) is 8.00. The molecule has 0 aliphatic carbocycles. The Morgan fingerprint density at radius 3 is 2.36 bits per heavy atom. The number of carbonyl (C=O) groups excluding carboxylic acids is 2. The van der Waals surface area contributed by atoms with Gasteiger partial charge in [-0.3, -0.25) is 9.59 Å². The highest BCUT2D eigenvalue weighted by Gasteiger charge is 2.27. The van der Waals surface area contributed by atoms with Gasteiger partial charge in [-0.1, -0.05) is 48.9 Å². The van der Waals surface area contributed by atoms with E-state index in [0.29, 0.717) is 10.6 Å². The van der Waals surface area contributed by atoms with Crippen molar-refractivity contribution in [1.82, 2.24) is 10.2 Å². The molecule has 0 fully saturated rings. The Morgan fingerprint density at radius 2 is 1.75 bits per heavy atom. The van der Waals surface area contributed by atoms with Crippen molar-refractivity contribution >= 4 is 23.4 Å². The van der Waals surface area contributed by atoms with E-state index in [4.69, 9.17) is 11.6 Å². The van der Waals surface area contributed by atoms with Gasteiger partial charge in [0.15, 0.2) is 0 Å². The zero-order chi connectivity index (χ0) is 20.7. The highest BCUT2D eigenvalue weighted by molar-refractivity contribution is 6.30. The molecule has 6 heteroatoms. The van der Waals surface area contributed by atoms with Gasteiger partial charge in [-0.05, 0) is 44.0 Å². The third-order valence-electron chi connectivity index (χ3n) is 4.74. The van der Waals surface area contributed by atoms with Crippen LogP contribution in [0.2, 0.25) is 5.02 Å². The quantitative estimate of drug-likeness (QED) is 0.710. The van der Waals surface area contributed by atoms with Crippen LogP contribution in [-0.2, 0) is 22.6 Å². The van der Waals surface area contributed by atoms with Crippen molar-refractivity contribution in [3.63, 3.8) is 0 Å². The number of rotatable bonds is 8. The Balaban J connectivity index is 2.23. The van der Waals surface area contributed by atoms with Gasteiger partial charge in [0, 0.05) is 23.2 Å². The van der Waals surface area contributed by atoms with Gasteiger partial charge < -0.3 is 10.2 Å². The molecule has 0 bridgehead atoms. The minimum Gasteiger partial charge on any atom is -0.352 e. The Labute approximate surface area is 170 Å². The first-order valence-electron chi connectivity index (χ1n) is 9.39. The molecule has 0 saturated carbocycles. The van der Waals surface area contributed by atoms with E-state index in [2.05, 4.69) is 5.32 Å². The van der Waals surface area contributed by atoms with Crippen molar-refractivity contribution in [3.8, 4) is 0 Å². The topological polar surface area (TPSA) is 49.4 Å². The van der Waals surface area contributed by atoms with Crippen molar-refractivity contribution in [3.05, 3.63) is 70.5 Å². The summed E-state index contributed by atoms with van der Waals surface area (Å²) in [5, 5.41) is 3.48. The van der Waals surface area contributed by atoms with Gasteiger partial charge in [-0.2, -0.15) is 0 Å². The summed E-state index contributed by atoms with van der Waals surface area (Å²) in [6.45, 7) is 5.56. The van der Waals surface area contributed by atoms with Gasteiger partial charge in [-0.25, -0.2) is 4.39 Å². The van der Waals surface area contributed by atoms with Gasteiger partial charge in [0.05, 0.1) is 6.42 Å². The molecular weight excluding hydrogens is 379 g/mol. The van der Waals surface area contributed by atoms with Crippen LogP contribution in [0.15, 0.2) is 48.5 Å². The minimum atomic E-state index is -0.728. The molecule has 2 unspecified atom stereocenters.